The first kappa shape index (κ1) is 18.5. The van der Waals surface area contributed by atoms with E-state index in [4.69, 9.17) is 21.1 Å². The molecule has 4 rings (SSSR count). The summed E-state index contributed by atoms with van der Waals surface area (Å²) in [6.45, 7) is 2.13. The molecule has 2 heterocycles. The van der Waals surface area contributed by atoms with Crippen LogP contribution in [-0.4, -0.2) is 50.1 Å². The Hall–Kier alpha value is -2.83. The summed E-state index contributed by atoms with van der Waals surface area (Å²) in [5, 5.41) is 0.462. The van der Waals surface area contributed by atoms with Gasteiger partial charge in [0, 0.05) is 18.1 Å². The Morgan fingerprint density at radius 3 is 2.36 bits per heavy atom. The molecule has 1 fully saturated rings. The molecule has 0 unspecified atom stereocenters. The molecule has 2 aliphatic heterocycles. The quantitative estimate of drug-likeness (QED) is 0.741. The molecule has 2 aromatic carbocycles. The number of imide groups is 1. The van der Waals surface area contributed by atoms with Crippen LogP contribution in [0.1, 0.15) is 5.56 Å². The number of amides is 2. The smallest absolute Gasteiger partial charge is 0.282 e. The molecule has 2 aromatic rings. The molecule has 144 valence electrons. The van der Waals surface area contributed by atoms with Crippen LogP contribution in [0.4, 0.5) is 5.69 Å². The normalized spacial score (nSPS) is 17.5. The number of rotatable bonds is 4. The fourth-order valence-corrected chi connectivity index (χ4v) is 3.65. The Balaban J connectivity index is 1.81. The highest BCUT2D eigenvalue weighted by atomic mass is 35.5. The van der Waals surface area contributed by atoms with Gasteiger partial charge in [-0.25, -0.2) is 4.90 Å². The molecule has 28 heavy (non-hydrogen) atoms. The first-order valence-corrected chi connectivity index (χ1v) is 9.33. The van der Waals surface area contributed by atoms with Crippen LogP contribution in [0.3, 0.4) is 0 Å². The van der Waals surface area contributed by atoms with Crippen LogP contribution in [0.5, 0.6) is 5.75 Å². The fourth-order valence-electron chi connectivity index (χ4n) is 3.47. The van der Waals surface area contributed by atoms with E-state index >= 15 is 0 Å². The monoisotopic (exact) mass is 398 g/mol. The van der Waals surface area contributed by atoms with E-state index in [-0.39, 0.29) is 11.8 Å². The summed E-state index contributed by atoms with van der Waals surface area (Å²) in [4.78, 5) is 29.8. The number of morpholine rings is 1. The van der Waals surface area contributed by atoms with Gasteiger partial charge in [0.2, 0.25) is 0 Å². The lowest BCUT2D eigenvalue weighted by Gasteiger charge is -2.29. The molecule has 2 aliphatic rings. The number of ether oxygens (including phenoxy) is 2. The van der Waals surface area contributed by atoms with Crippen molar-refractivity contribution in [2.45, 2.75) is 0 Å². The minimum Gasteiger partial charge on any atom is -0.497 e. The van der Waals surface area contributed by atoms with Crippen LogP contribution in [0.15, 0.2) is 54.2 Å². The van der Waals surface area contributed by atoms with Crippen LogP contribution in [0, 0.1) is 0 Å². The summed E-state index contributed by atoms with van der Waals surface area (Å²) in [7, 11) is 1.58. The molecule has 0 aromatic heterocycles. The fraction of sp³-hybridized carbons (Fsp3) is 0.238. The molecule has 0 saturated carbocycles. The number of benzene rings is 2. The molecule has 2 amide bonds. The van der Waals surface area contributed by atoms with E-state index in [0.717, 1.165) is 0 Å². The average molecular weight is 399 g/mol. The summed E-state index contributed by atoms with van der Waals surface area (Å²) in [5.41, 5.74) is 1.91. The second kappa shape index (κ2) is 7.66. The van der Waals surface area contributed by atoms with E-state index < -0.39 is 0 Å². The third-order valence-electron chi connectivity index (χ3n) is 4.83. The first-order valence-electron chi connectivity index (χ1n) is 8.96. The molecule has 0 bridgehead atoms. The molecule has 0 aliphatic carbocycles. The average Bonchev–Trinajstić information content (AvgIpc) is 2.99. The van der Waals surface area contributed by atoms with Gasteiger partial charge in [-0.05, 0) is 35.9 Å². The van der Waals surface area contributed by atoms with Gasteiger partial charge < -0.3 is 14.4 Å². The summed E-state index contributed by atoms with van der Waals surface area (Å²) in [6.07, 6.45) is 0. The van der Waals surface area contributed by atoms with Crippen molar-refractivity contribution in [2.24, 2.45) is 0 Å². The van der Waals surface area contributed by atoms with E-state index in [1.807, 2.05) is 4.90 Å². The minimum atomic E-state index is -0.362. The molecule has 6 nitrogen and oxygen atoms in total. The Morgan fingerprint density at radius 1 is 1.00 bits per heavy atom. The topological polar surface area (TPSA) is 59.1 Å². The summed E-state index contributed by atoms with van der Waals surface area (Å²) in [5.74, 6) is -0.0281. The maximum absolute atomic E-state index is 13.4. The van der Waals surface area contributed by atoms with Gasteiger partial charge in [-0.1, -0.05) is 29.8 Å². The van der Waals surface area contributed by atoms with Gasteiger partial charge >= 0.3 is 0 Å². The standard InChI is InChI=1S/C21H19ClN2O4/c1-27-17-7-5-14(6-8-17)18-19(23-9-11-28-12-10-23)21(26)24(20(18)25)16-4-2-3-15(22)13-16/h2-8,13H,9-12H2,1H3. The predicted molar refractivity (Wildman–Crippen MR) is 106 cm³/mol. The Kier molecular flexibility index (Phi) is 5.07. The highest BCUT2D eigenvalue weighted by Gasteiger charge is 2.42. The maximum Gasteiger partial charge on any atom is 0.282 e. The first-order chi connectivity index (χ1) is 13.6. The summed E-state index contributed by atoms with van der Waals surface area (Å²) < 4.78 is 10.6. The molecular weight excluding hydrogens is 380 g/mol. The number of halogens is 1. The number of methoxy groups -OCH3 is 1. The Bertz CT molecular complexity index is 949. The minimum absolute atomic E-state index is 0.347. The number of anilines is 1. The second-order valence-corrected chi connectivity index (χ2v) is 6.91. The molecule has 0 radical (unpaired) electrons. The van der Waals surface area contributed by atoms with Crippen molar-refractivity contribution in [3.63, 3.8) is 0 Å². The van der Waals surface area contributed by atoms with E-state index in [0.29, 0.717) is 59.6 Å². The van der Waals surface area contributed by atoms with Crippen LogP contribution < -0.4 is 9.64 Å². The van der Waals surface area contributed by atoms with Crippen molar-refractivity contribution in [3.05, 3.63) is 64.8 Å². The van der Waals surface area contributed by atoms with E-state index in [9.17, 15) is 9.59 Å². The molecule has 1 saturated heterocycles. The Labute approximate surface area is 167 Å². The highest BCUT2D eigenvalue weighted by Crippen LogP contribution is 2.36. The Morgan fingerprint density at radius 2 is 1.71 bits per heavy atom. The SMILES string of the molecule is COc1ccc(C2=C(N3CCOCC3)C(=O)N(c3cccc(Cl)c3)C2=O)cc1. The summed E-state index contributed by atoms with van der Waals surface area (Å²) >= 11 is 6.09. The van der Waals surface area contributed by atoms with Gasteiger partial charge in [0.25, 0.3) is 11.8 Å². The van der Waals surface area contributed by atoms with Crippen LogP contribution >= 0.6 is 11.6 Å². The maximum atomic E-state index is 13.4. The van der Waals surface area contributed by atoms with Gasteiger partial charge in [0.05, 0.1) is 31.6 Å². The van der Waals surface area contributed by atoms with E-state index in [2.05, 4.69) is 0 Å². The zero-order chi connectivity index (χ0) is 19.7. The predicted octanol–water partition coefficient (Wildman–Crippen LogP) is 2.97. The van der Waals surface area contributed by atoms with Gasteiger partial charge in [0.15, 0.2) is 0 Å². The largest absolute Gasteiger partial charge is 0.497 e. The lowest BCUT2D eigenvalue weighted by atomic mass is 10.0. The van der Waals surface area contributed by atoms with Crippen molar-refractivity contribution in [1.82, 2.24) is 4.90 Å². The molecule has 7 heteroatoms. The summed E-state index contributed by atoms with van der Waals surface area (Å²) in [6, 6.07) is 13.9. The van der Waals surface area contributed by atoms with Crippen LogP contribution in [0.25, 0.3) is 5.57 Å². The van der Waals surface area contributed by atoms with Crippen molar-refractivity contribution in [3.8, 4) is 5.75 Å². The number of hydrogen-bond acceptors (Lipinski definition) is 5. The van der Waals surface area contributed by atoms with Crippen molar-refractivity contribution >= 4 is 34.7 Å². The van der Waals surface area contributed by atoms with Gasteiger partial charge in [-0.15, -0.1) is 0 Å². The van der Waals surface area contributed by atoms with Crippen molar-refractivity contribution < 1.29 is 19.1 Å². The van der Waals surface area contributed by atoms with Gasteiger partial charge in [-0.3, -0.25) is 9.59 Å². The third-order valence-corrected chi connectivity index (χ3v) is 5.07. The molecule has 0 spiro atoms. The third kappa shape index (κ3) is 3.25. The van der Waals surface area contributed by atoms with Crippen molar-refractivity contribution in [2.75, 3.05) is 38.3 Å². The highest BCUT2D eigenvalue weighted by molar-refractivity contribution is 6.45. The van der Waals surface area contributed by atoms with E-state index in [1.54, 1.807) is 55.6 Å². The number of carbonyl (C=O) groups is 2. The number of carbonyl (C=O) groups excluding carboxylic acids is 2. The van der Waals surface area contributed by atoms with Gasteiger partial charge in [0.1, 0.15) is 11.4 Å². The number of nitrogens with zero attached hydrogens (tertiary/aromatic N) is 2. The molecule has 0 atom stereocenters. The van der Waals surface area contributed by atoms with Crippen LogP contribution in [0.2, 0.25) is 5.02 Å². The lowest BCUT2D eigenvalue weighted by Crippen LogP contribution is -2.40. The molecule has 0 N–H and O–H groups in total. The second-order valence-electron chi connectivity index (χ2n) is 6.48. The van der Waals surface area contributed by atoms with Gasteiger partial charge in [-0.2, -0.15) is 0 Å². The lowest BCUT2D eigenvalue weighted by molar-refractivity contribution is -0.121. The van der Waals surface area contributed by atoms with Crippen LogP contribution in [-0.2, 0) is 14.3 Å². The van der Waals surface area contributed by atoms with E-state index in [1.165, 1.54) is 4.90 Å². The zero-order valence-electron chi connectivity index (χ0n) is 15.4. The van der Waals surface area contributed by atoms with Crippen molar-refractivity contribution in [1.29, 1.82) is 0 Å². The number of hydrogen-bond donors (Lipinski definition) is 0. The zero-order valence-corrected chi connectivity index (χ0v) is 16.1. The molecular formula is C21H19ClN2O4.